The molecule has 2 aromatic heterocycles. The summed E-state index contributed by atoms with van der Waals surface area (Å²) in [5.74, 6) is 1.38. The van der Waals surface area contributed by atoms with Crippen molar-refractivity contribution in [2.45, 2.75) is 31.7 Å². The van der Waals surface area contributed by atoms with Crippen LogP contribution in [0.2, 0.25) is 0 Å². The summed E-state index contributed by atoms with van der Waals surface area (Å²) in [6, 6.07) is 8.72. The molecule has 2 aromatic rings. The van der Waals surface area contributed by atoms with Gasteiger partial charge in [0.15, 0.2) is 0 Å². The Kier molecular flexibility index (Phi) is 4.21. The second kappa shape index (κ2) is 6.27. The number of nitrogens with one attached hydrogen (secondary N) is 1. The Balaban J connectivity index is 1.86. The lowest BCUT2D eigenvalue weighted by atomic mass is 9.96. The van der Waals surface area contributed by atoms with E-state index in [-0.39, 0.29) is 0 Å². The van der Waals surface area contributed by atoms with Gasteiger partial charge in [-0.05, 0) is 42.3 Å². The summed E-state index contributed by atoms with van der Waals surface area (Å²) < 4.78 is 5.36. The number of rotatable bonds is 5. The number of hydrogen-bond donors (Lipinski definition) is 1. The van der Waals surface area contributed by atoms with Crippen molar-refractivity contribution in [2.75, 3.05) is 12.4 Å². The van der Waals surface area contributed by atoms with Crippen LogP contribution in [0, 0.1) is 5.92 Å². The molecule has 4 heteroatoms. The number of hydrogen-bond acceptors (Lipinski definition) is 4. The summed E-state index contributed by atoms with van der Waals surface area (Å²) in [5, 5.41) is 5.82. The fourth-order valence-electron chi connectivity index (χ4n) is 3.01. The Hall–Kier alpha value is -1.55. The molecule has 3 nitrogen and oxygen atoms in total. The summed E-state index contributed by atoms with van der Waals surface area (Å²) in [6.07, 6.45) is 7.06. The van der Waals surface area contributed by atoms with E-state index in [0.29, 0.717) is 17.8 Å². The summed E-state index contributed by atoms with van der Waals surface area (Å²) in [4.78, 5) is 5.68. The Morgan fingerprint density at radius 1 is 1.30 bits per heavy atom. The molecule has 0 saturated heterocycles. The third-order valence-electron chi connectivity index (χ3n) is 4.00. The average Bonchev–Trinajstić information content (AvgIpc) is 3.18. The predicted octanol–water partition coefficient (Wildman–Crippen LogP) is 4.50. The Labute approximate surface area is 124 Å². The lowest BCUT2D eigenvalue weighted by molar-refractivity contribution is 0.397. The van der Waals surface area contributed by atoms with Crippen LogP contribution in [0.1, 0.15) is 36.6 Å². The van der Waals surface area contributed by atoms with E-state index in [1.807, 2.05) is 23.5 Å². The first kappa shape index (κ1) is 13.4. The van der Waals surface area contributed by atoms with Gasteiger partial charge in [-0.15, -0.1) is 11.3 Å². The number of ether oxygens (including phenoxy) is 1. The van der Waals surface area contributed by atoms with Gasteiger partial charge in [-0.1, -0.05) is 18.9 Å². The van der Waals surface area contributed by atoms with Crippen LogP contribution in [0.5, 0.6) is 5.88 Å². The van der Waals surface area contributed by atoms with Crippen LogP contribution in [0.3, 0.4) is 0 Å². The molecule has 1 aliphatic carbocycles. The third-order valence-corrected chi connectivity index (χ3v) is 4.95. The Morgan fingerprint density at radius 3 is 2.85 bits per heavy atom. The summed E-state index contributed by atoms with van der Waals surface area (Å²) in [7, 11) is 1.67. The molecule has 0 aromatic carbocycles. The molecule has 1 aliphatic rings. The summed E-state index contributed by atoms with van der Waals surface area (Å²) in [6.45, 7) is 0. The van der Waals surface area contributed by atoms with Gasteiger partial charge in [0.25, 0.3) is 0 Å². The molecule has 20 heavy (non-hydrogen) atoms. The van der Waals surface area contributed by atoms with Gasteiger partial charge in [0, 0.05) is 11.1 Å². The molecular weight excluding hydrogens is 268 g/mol. The number of pyridine rings is 1. The van der Waals surface area contributed by atoms with Crippen molar-refractivity contribution in [2.24, 2.45) is 5.92 Å². The van der Waals surface area contributed by atoms with Crippen molar-refractivity contribution < 1.29 is 4.74 Å². The van der Waals surface area contributed by atoms with Gasteiger partial charge in [-0.25, -0.2) is 4.98 Å². The second-order valence-electron chi connectivity index (χ2n) is 5.24. The van der Waals surface area contributed by atoms with E-state index >= 15 is 0 Å². The van der Waals surface area contributed by atoms with E-state index in [1.165, 1.54) is 30.6 Å². The van der Waals surface area contributed by atoms with Gasteiger partial charge < -0.3 is 10.1 Å². The Bertz CT molecular complexity index is 535. The van der Waals surface area contributed by atoms with Crippen LogP contribution < -0.4 is 10.1 Å². The van der Waals surface area contributed by atoms with Crippen molar-refractivity contribution in [1.29, 1.82) is 0 Å². The minimum atomic E-state index is 0.371. The van der Waals surface area contributed by atoms with Crippen molar-refractivity contribution >= 4 is 17.0 Å². The van der Waals surface area contributed by atoms with Crippen LogP contribution in [0.15, 0.2) is 35.8 Å². The first-order chi connectivity index (χ1) is 9.88. The van der Waals surface area contributed by atoms with E-state index in [0.717, 1.165) is 5.69 Å². The minimum Gasteiger partial charge on any atom is -0.480 e. The lowest BCUT2D eigenvalue weighted by Crippen LogP contribution is -2.18. The number of methoxy groups -OCH3 is 1. The smallest absolute Gasteiger partial charge is 0.237 e. The van der Waals surface area contributed by atoms with Crippen LogP contribution in [0.4, 0.5) is 5.69 Å². The maximum Gasteiger partial charge on any atom is 0.237 e. The molecule has 0 aliphatic heterocycles. The number of nitrogens with zero attached hydrogens (tertiary/aromatic N) is 1. The zero-order valence-electron chi connectivity index (χ0n) is 11.7. The molecular formula is C16H20N2OS. The zero-order chi connectivity index (χ0) is 13.8. The van der Waals surface area contributed by atoms with Crippen molar-refractivity contribution in [1.82, 2.24) is 4.98 Å². The first-order valence-electron chi connectivity index (χ1n) is 7.17. The number of anilines is 1. The van der Waals surface area contributed by atoms with Crippen LogP contribution in [-0.2, 0) is 0 Å². The molecule has 1 unspecified atom stereocenters. The molecule has 106 valence electrons. The molecule has 0 radical (unpaired) electrons. The molecule has 1 fully saturated rings. The quantitative estimate of drug-likeness (QED) is 0.880. The maximum absolute atomic E-state index is 5.36. The fraction of sp³-hybridized carbons (Fsp3) is 0.438. The van der Waals surface area contributed by atoms with Gasteiger partial charge >= 0.3 is 0 Å². The SMILES string of the molecule is COc1ncccc1NC(c1cccs1)C1CCCC1. The van der Waals surface area contributed by atoms with Gasteiger partial charge in [0.2, 0.25) is 5.88 Å². The van der Waals surface area contributed by atoms with Crippen molar-refractivity contribution in [3.8, 4) is 5.88 Å². The highest BCUT2D eigenvalue weighted by Gasteiger charge is 2.27. The number of thiophene rings is 1. The molecule has 1 saturated carbocycles. The fourth-order valence-corrected chi connectivity index (χ4v) is 3.88. The van der Waals surface area contributed by atoms with Crippen LogP contribution in [0.25, 0.3) is 0 Å². The number of aromatic nitrogens is 1. The highest BCUT2D eigenvalue weighted by molar-refractivity contribution is 7.10. The van der Waals surface area contributed by atoms with Gasteiger partial charge in [-0.2, -0.15) is 0 Å². The molecule has 3 rings (SSSR count). The zero-order valence-corrected chi connectivity index (χ0v) is 12.5. The molecule has 0 amide bonds. The van der Waals surface area contributed by atoms with E-state index < -0.39 is 0 Å². The molecule has 1 N–H and O–H groups in total. The normalized spacial score (nSPS) is 17.1. The minimum absolute atomic E-state index is 0.371. The lowest BCUT2D eigenvalue weighted by Gasteiger charge is -2.25. The van der Waals surface area contributed by atoms with E-state index in [1.54, 1.807) is 13.3 Å². The highest BCUT2D eigenvalue weighted by Crippen LogP contribution is 2.40. The molecule has 1 atom stereocenters. The van der Waals surface area contributed by atoms with Crippen LogP contribution >= 0.6 is 11.3 Å². The summed E-state index contributed by atoms with van der Waals surface area (Å²) in [5.41, 5.74) is 0.986. The van der Waals surface area contributed by atoms with E-state index in [9.17, 15) is 0 Å². The second-order valence-corrected chi connectivity index (χ2v) is 6.22. The van der Waals surface area contributed by atoms with Gasteiger partial charge in [-0.3, -0.25) is 0 Å². The first-order valence-corrected chi connectivity index (χ1v) is 8.05. The van der Waals surface area contributed by atoms with Gasteiger partial charge in [0.05, 0.1) is 18.8 Å². The maximum atomic E-state index is 5.36. The summed E-state index contributed by atoms with van der Waals surface area (Å²) >= 11 is 1.83. The predicted molar refractivity (Wildman–Crippen MR) is 83.4 cm³/mol. The average molecular weight is 288 g/mol. The monoisotopic (exact) mass is 288 g/mol. The molecule has 0 bridgehead atoms. The topological polar surface area (TPSA) is 34.1 Å². The van der Waals surface area contributed by atoms with Crippen molar-refractivity contribution in [3.05, 3.63) is 40.7 Å². The molecule has 2 heterocycles. The third kappa shape index (κ3) is 2.80. The molecule has 0 spiro atoms. The van der Waals surface area contributed by atoms with Crippen molar-refractivity contribution in [3.63, 3.8) is 0 Å². The van der Waals surface area contributed by atoms with E-state index in [2.05, 4.69) is 27.8 Å². The highest BCUT2D eigenvalue weighted by atomic mass is 32.1. The Morgan fingerprint density at radius 2 is 2.15 bits per heavy atom. The standard InChI is InChI=1S/C16H20N2OS/c1-19-16-13(8-4-10-17-16)18-15(12-6-2-3-7-12)14-9-5-11-20-14/h4-5,8-12,15,18H,2-3,6-7H2,1H3. The largest absolute Gasteiger partial charge is 0.480 e. The van der Waals surface area contributed by atoms with Gasteiger partial charge in [0.1, 0.15) is 0 Å². The van der Waals surface area contributed by atoms with E-state index in [4.69, 9.17) is 4.74 Å². The van der Waals surface area contributed by atoms with Crippen LogP contribution in [-0.4, -0.2) is 12.1 Å².